The van der Waals surface area contributed by atoms with E-state index in [0.717, 1.165) is 6.42 Å². The fourth-order valence-corrected chi connectivity index (χ4v) is 0.875. The van der Waals surface area contributed by atoms with Crippen LogP contribution in [0.1, 0.15) is 6.42 Å². The minimum atomic E-state index is -0.0344. The van der Waals surface area contributed by atoms with Crippen molar-refractivity contribution in [3.05, 3.63) is 36.0 Å². The first-order valence-electron chi connectivity index (χ1n) is 3.60. The smallest absolute Gasteiger partial charge is 0.251 e. The van der Waals surface area contributed by atoms with Crippen molar-refractivity contribution in [1.82, 2.24) is 5.32 Å². The lowest BCUT2D eigenvalue weighted by atomic mass is 10.2. The lowest BCUT2D eigenvalue weighted by Gasteiger charge is -1.96. The summed E-state index contributed by atoms with van der Waals surface area (Å²) >= 11 is 0. The van der Waals surface area contributed by atoms with E-state index in [1.54, 1.807) is 7.05 Å². The Morgan fingerprint density at radius 2 is 2.36 bits per heavy atom. The number of allylic oxidation sites excluding steroid dienone is 4. The number of amides is 1. The van der Waals surface area contributed by atoms with Crippen LogP contribution in [0.15, 0.2) is 36.0 Å². The highest BCUT2D eigenvalue weighted by molar-refractivity contribution is 5.96. The van der Waals surface area contributed by atoms with E-state index >= 15 is 0 Å². The highest BCUT2D eigenvalue weighted by Gasteiger charge is 2.01. The first kappa shape index (κ1) is 7.79. The van der Waals surface area contributed by atoms with Crippen molar-refractivity contribution in [3.63, 3.8) is 0 Å². The van der Waals surface area contributed by atoms with Crippen LogP contribution in [0.4, 0.5) is 0 Å². The SMILES string of the molecule is CNC(=O)C1=CC=CCC=C1. The summed E-state index contributed by atoms with van der Waals surface area (Å²) in [4.78, 5) is 11.1. The van der Waals surface area contributed by atoms with Gasteiger partial charge < -0.3 is 5.32 Å². The van der Waals surface area contributed by atoms with Gasteiger partial charge >= 0.3 is 0 Å². The normalized spacial score (nSPS) is 15.5. The number of carbonyl (C=O) groups is 1. The van der Waals surface area contributed by atoms with Crippen molar-refractivity contribution in [2.24, 2.45) is 0 Å². The molecule has 1 N–H and O–H groups in total. The molecule has 1 rings (SSSR count). The second-order valence-corrected chi connectivity index (χ2v) is 2.27. The van der Waals surface area contributed by atoms with Crippen molar-refractivity contribution in [3.8, 4) is 0 Å². The highest BCUT2D eigenvalue weighted by atomic mass is 16.1. The monoisotopic (exact) mass is 149 g/mol. The van der Waals surface area contributed by atoms with Crippen LogP contribution in [-0.4, -0.2) is 13.0 Å². The van der Waals surface area contributed by atoms with Gasteiger partial charge in [0.05, 0.1) is 0 Å². The maximum atomic E-state index is 11.1. The van der Waals surface area contributed by atoms with Gasteiger partial charge in [-0.3, -0.25) is 4.79 Å². The van der Waals surface area contributed by atoms with Gasteiger partial charge in [0.2, 0.25) is 0 Å². The third-order valence-corrected chi connectivity index (χ3v) is 1.47. The standard InChI is InChI=1S/C9H11NO/c1-10-9(11)8-6-4-2-3-5-7-8/h2,4-7H,3H2,1H3,(H,10,11). The zero-order valence-corrected chi connectivity index (χ0v) is 6.50. The van der Waals surface area contributed by atoms with Crippen LogP contribution in [0.3, 0.4) is 0 Å². The summed E-state index contributed by atoms with van der Waals surface area (Å²) in [7, 11) is 1.63. The quantitative estimate of drug-likeness (QED) is 0.595. The van der Waals surface area contributed by atoms with E-state index in [0.29, 0.717) is 5.57 Å². The Morgan fingerprint density at radius 1 is 1.55 bits per heavy atom. The van der Waals surface area contributed by atoms with E-state index in [1.165, 1.54) is 0 Å². The maximum absolute atomic E-state index is 11.1. The molecule has 0 heterocycles. The van der Waals surface area contributed by atoms with E-state index in [4.69, 9.17) is 0 Å². The summed E-state index contributed by atoms with van der Waals surface area (Å²) in [5.74, 6) is -0.0344. The van der Waals surface area contributed by atoms with Gasteiger partial charge in [-0.05, 0) is 12.5 Å². The summed E-state index contributed by atoms with van der Waals surface area (Å²) in [6, 6.07) is 0. The predicted molar refractivity (Wildman–Crippen MR) is 45.0 cm³/mol. The van der Waals surface area contributed by atoms with Crippen molar-refractivity contribution in [1.29, 1.82) is 0 Å². The van der Waals surface area contributed by atoms with Crippen LogP contribution >= 0.6 is 0 Å². The first-order valence-corrected chi connectivity index (χ1v) is 3.60. The van der Waals surface area contributed by atoms with Crippen LogP contribution in [0.5, 0.6) is 0 Å². The minimum Gasteiger partial charge on any atom is -0.355 e. The molecule has 0 aromatic carbocycles. The highest BCUT2D eigenvalue weighted by Crippen LogP contribution is 2.03. The number of likely N-dealkylation sites (N-methyl/N-ethyl adjacent to an activating group) is 1. The number of hydrogen-bond acceptors (Lipinski definition) is 1. The minimum absolute atomic E-state index is 0.0344. The second kappa shape index (κ2) is 3.76. The van der Waals surface area contributed by atoms with Crippen molar-refractivity contribution in [2.75, 3.05) is 7.05 Å². The van der Waals surface area contributed by atoms with Crippen LogP contribution in [0.25, 0.3) is 0 Å². The zero-order chi connectivity index (χ0) is 8.10. The molecule has 2 heteroatoms. The summed E-state index contributed by atoms with van der Waals surface area (Å²) in [5, 5.41) is 2.57. The number of carbonyl (C=O) groups excluding carboxylic acids is 1. The third-order valence-electron chi connectivity index (χ3n) is 1.47. The Kier molecular flexibility index (Phi) is 2.66. The third kappa shape index (κ3) is 2.08. The Labute approximate surface area is 66.3 Å². The molecule has 11 heavy (non-hydrogen) atoms. The molecule has 0 bridgehead atoms. The predicted octanol–water partition coefficient (Wildman–Crippen LogP) is 1.17. The van der Waals surface area contributed by atoms with E-state index in [-0.39, 0.29) is 5.91 Å². The van der Waals surface area contributed by atoms with Crippen LogP contribution < -0.4 is 5.32 Å². The van der Waals surface area contributed by atoms with Crippen LogP contribution in [-0.2, 0) is 4.79 Å². The van der Waals surface area contributed by atoms with Gasteiger partial charge in [-0.15, -0.1) is 0 Å². The molecule has 0 saturated heterocycles. The fourth-order valence-electron chi connectivity index (χ4n) is 0.875. The van der Waals surface area contributed by atoms with Gasteiger partial charge in [-0.1, -0.05) is 24.3 Å². The molecular formula is C9H11NO. The van der Waals surface area contributed by atoms with Crippen molar-refractivity contribution in [2.45, 2.75) is 6.42 Å². The molecule has 0 aliphatic heterocycles. The molecule has 0 spiro atoms. The molecule has 58 valence electrons. The fraction of sp³-hybridized carbons (Fsp3) is 0.222. The van der Waals surface area contributed by atoms with Gasteiger partial charge in [0.25, 0.3) is 5.91 Å². The van der Waals surface area contributed by atoms with Gasteiger partial charge in [0, 0.05) is 12.6 Å². The van der Waals surface area contributed by atoms with Gasteiger partial charge in [0.1, 0.15) is 0 Å². The summed E-state index contributed by atoms with van der Waals surface area (Å²) < 4.78 is 0. The van der Waals surface area contributed by atoms with E-state index in [2.05, 4.69) is 5.32 Å². The molecule has 0 unspecified atom stereocenters. The van der Waals surface area contributed by atoms with Crippen molar-refractivity contribution < 1.29 is 4.79 Å². The Bertz CT molecular complexity index is 236. The van der Waals surface area contributed by atoms with Crippen LogP contribution in [0, 0.1) is 0 Å². The average Bonchev–Trinajstić information content (AvgIpc) is 2.30. The molecule has 0 atom stereocenters. The molecular weight excluding hydrogens is 138 g/mol. The van der Waals surface area contributed by atoms with Gasteiger partial charge in [-0.2, -0.15) is 0 Å². The van der Waals surface area contributed by atoms with Crippen molar-refractivity contribution >= 4 is 5.91 Å². The lowest BCUT2D eigenvalue weighted by Crippen LogP contribution is -2.18. The zero-order valence-electron chi connectivity index (χ0n) is 6.50. The van der Waals surface area contributed by atoms with Gasteiger partial charge in [0.15, 0.2) is 0 Å². The van der Waals surface area contributed by atoms with E-state index in [1.807, 2.05) is 30.4 Å². The molecule has 1 aliphatic rings. The van der Waals surface area contributed by atoms with Gasteiger partial charge in [-0.25, -0.2) is 0 Å². The summed E-state index contributed by atoms with van der Waals surface area (Å²) in [6.45, 7) is 0. The molecule has 0 saturated carbocycles. The number of nitrogens with one attached hydrogen (secondary N) is 1. The Morgan fingerprint density at radius 3 is 3.09 bits per heavy atom. The first-order chi connectivity index (χ1) is 5.34. The second-order valence-electron chi connectivity index (χ2n) is 2.27. The molecule has 0 aromatic heterocycles. The molecule has 0 aromatic rings. The molecule has 1 aliphatic carbocycles. The maximum Gasteiger partial charge on any atom is 0.251 e. The van der Waals surface area contributed by atoms with Crippen LogP contribution in [0.2, 0.25) is 0 Å². The number of rotatable bonds is 1. The largest absolute Gasteiger partial charge is 0.355 e. The summed E-state index contributed by atoms with van der Waals surface area (Å²) in [6.07, 6.45) is 10.4. The Hall–Kier alpha value is -1.31. The Balaban J connectivity index is 2.77. The topological polar surface area (TPSA) is 29.1 Å². The number of hydrogen-bond donors (Lipinski definition) is 1. The molecule has 0 radical (unpaired) electrons. The summed E-state index contributed by atoms with van der Waals surface area (Å²) in [5.41, 5.74) is 0.709. The van der Waals surface area contributed by atoms with E-state index < -0.39 is 0 Å². The van der Waals surface area contributed by atoms with E-state index in [9.17, 15) is 4.79 Å². The molecule has 0 fully saturated rings. The lowest BCUT2D eigenvalue weighted by molar-refractivity contribution is -0.116. The average molecular weight is 149 g/mol. The molecule has 2 nitrogen and oxygen atoms in total. The molecule has 1 amide bonds.